The standard InChI is InChI=1S/C21H15N4/c1-2-7-16(8-3-1)25-19-12-22-11-10-18(19)24-14-23-13-15-6-4-5-9-17(15)20(23)21(24)25/h1-12,14H,13H2/q+1. The summed E-state index contributed by atoms with van der Waals surface area (Å²) in [5.74, 6) is 0. The molecule has 0 aliphatic carbocycles. The van der Waals surface area contributed by atoms with Crippen LogP contribution in [0.25, 0.3) is 33.6 Å². The zero-order chi connectivity index (χ0) is 16.4. The molecule has 0 saturated heterocycles. The van der Waals surface area contributed by atoms with Crippen LogP contribution in [0.2, 0.25) is 0 Å². The van der Waals surface area contributed by atoms with Gasteiger partial charge in [-0.3, -0.25) is 9.55 Å². The Bertz CT molecular complexity index is 1260. The second kappa shape index (κ2) is 4.57. The van der Waals surface area contributed by atoms with Crippen LogP contribution in [0.15, 0.2) is 79.4 Å². The fourth-order valence-electron chi connectivity index (χ4n) is 4.06. The van der Waals surface area contributed by atoms with Crippen molar-refractivity contribution < 1.29 is 4.57 Å². The molecule has 4 heteroatoms. The summed E-state index contributed by atoms with van der Waals surface area (Å²) in [6.45, 7) is 0.925. The first kappa shape index (κ1) is 13.0. The van der Waals surface area contributed by atoms with Gasteiger partial charge in [-0.05, 0) is 12.1 Å². The Balaban J connectivity index is 1.84. The van der Waals surface area contributed by atoms with Gasteiger partial charge >= 0.3 is 0 Å². The van der Waals surface area contributed by atoms with Crippen LogP contribution < -0.4 is 4.57 Å². The second-order valence-corrected chi connectivity index (χ2v) is 6.48. The summed E-state index contributed by atoms with van der Waals surface area (Å²) in [5, 5.41) is 0. The van der Waals surface area contributed by atoms with E-state index in [2.05, 4.69) is 85.5 Å². The molecular weight excluding hydrogens is 308 g/mol. The molecule has 0 bridgehead atoms. The number of hydrogen-bond donors (Lipinski definition) is 0. The van der Waals surface area contributed by atoms with Crippen LogP contribution >= 0.6 is 0 Å². The SMILES string of the molecule is c1ccc(-n2c3cnccc3n3c[n+]4c(c23)-c2ccccc2C4)cc1. The lowest BCUT2D eigenvalue weighted by molar-refractivity contribution is -0.671. The van der Waals surface area contributed by atoms with Gasteiger partial charge in [0.25, 0.3) is 12.0 Å². The summed E-state index contributed by atoms with van der Waals surface area (Å²) >= 11 is 0. The molecule has 4 nitrogen and oxygen atoms in total. The molecule has 0 saturated carbocycles. The molecule has 25 heavy (non-hydrogen) atoms. The molecule has 0 N–H and O–H groups in total. The number of benzene rings is 2. The number of imidazole rings is 2. The molecule has 1 aliphatic rings. The number of hydrogen-bond acceptors (Lipinski definition) is 1. The van der Waals surface area contributed by atoms with E-state index >= 15 is 0 Å². The first-order valence-corrected chi connectivity index (χ1v) is 8.44. The van der Waals surface area contributed by atoms with E-state index in [4.69, 9.17) is 0 Å². The normalized spacial score (nSPS) is 12.6. The largest absolute Gasteiger partial charge is 0.268 e. The molecule has 1 aliphatic heterocycles. The van der Waals surface area contributed by atoms with Gasteiger partial charge in [0, 0.05) is 29.1 Å². The van der Waals surface area contributed by atoms with E-state index in [1.165, 1.54) is 28.0 Å². The number of pyridine rings is 1. The van der Waals surface area contributed by atoms with Crippen molar-refractivity contribution in [1.29, 1.82) is 0 Å². The summed E-state index contributed by atoms with van der Waals surface area (Å²) < 4.78 is 6.95. The fourth-order valence-corrected chi connectivity index (χ4v) is 4.06. The van der Waals surface area contributed by atoms with E-state index in [1.807, 2.05) is 12.4 Å². The van der Waals surface area contributed by atoms with Gasteiger partial charge < -0.3 is 0 Å². The highest BCUT2D eigenvalue weighted by atomic mass is 15.2. The Hall–Kier alpha value is -3.40. The van der Waals surface area contributed by atoms with Gasteiger partial charge in [-0.1, -0.05) is 42.5 Å². The average molecular weight is 323 g/mol. The van der Waals surface area contributed by atoms with Crippen LogP contribution in [0.4, 0.5) is 0 Å². The van der Waals surface area contributed by atoms with Crippen molar-refractivity contribution in [1.82, 2.24) is 14.0 Å². The van der Waals surface area contributed by atoms with E-state index in [0.29, 0.717) is 0 Å². The summed E-state index contributed by atoms with van der Waals surface area (Å²) in [6, 6.07) is 21.3. The van der Waals surface area contributed by atoms with Crippen molar-refractivity contribution in [3.8, 4) is 16.9 Å². The van der Waals surface area contributed by atoms with Crippen molar-refractivity contribution in [2.45, 2.75) is 6.54 Å². The first-order chi connectivity index (χ1) is 12.4. The lowest BCUT2D eigenvalue weighted by Gasteiger charge is -2.04. The van der Waals surface area contributed by atoms with Crippen LogP contribution in [0.3, 0.4) is 0 Å². The molecule has 0 fully saturated rings. The summed E-state index contributed by atoms with van der Waals surface area (Å²) in [6.07, 6.45) is 6.03. The van der Waals surface area contributed by atoms with Gasteiger partial charge in [0.15, 0.2) is 5.52 Å². The van der Waals surface area contributed by atoms with Gasteiger partial charge in [0.05, 0.1) is 6.20 Å². The number of fused-ring (bicyclic) bond motifs is 7. The predicted octanol–water partition coefficient (Wildman–Crippen LogP) is 3.59. The third kappa shape index (κ3) is 1.61. The van der Waals surface area contributed by atoms with Crippen LogP contribution in [0.5, 0.6) is 0 Å². The Labute approximate surface area is 144 Å². The van der Waals surface area contributed by atoms with Crippen molar-refractivity contribution in [3.63, 3.8) is 0 Å². The third-order valence-corrected chi connectivity index (χ3v) is 5.10. The Morgan fingerprint density at radius 2 is 1.72 bits per heavy atom. The maximum Gasteiger partial charge on any atom is 0.260 e. The third-order valence-electron chi connectivity index (χ3n) is 5.10. The minimum atomic E-state index is 0.925. The molecule has 5 aromatic rings. The monoisotopic (exact) mass is 323 g/mol. The zero-order valence-corrected chi connectivity index (χ0v) is 13.5. The molecule has 0 atom stereocenters. The molecule has 0 amide bonds. The Morgan fingerprint density at radius 3 is 2.64 bits per heavy atom. The highest BCUT2D eigenvalue weighted by Gasteiger charge is 2.33. The fraction of sp³-hybridized carbons (Fsp3) is 0.0476. The van der Waals surface area contributed by atoms with Crippen molar-refractivity contribution in [2.75, 3.05) is 0 Å². The molecule has 4 heterocycles. The number of aromatic nitrogens is 4. The summed E-state index contributed by atoms with van der Waals surface area (Å²) in [7, 11) is 0. The van der Waals surface area contributed by atoms with Gasteiger partial charge in [-0.15, -0.1) is 0 Å². The van der Waals surface area contributed by atoms with Crippen molar-refractivity contribution in [3.05, 3.63) is 84.9 Å². The van der Waals surface area contributed by atoms with Crippen LogP contribution in [-0.2, 0) is 6.54 Å². The quantitative estimate of drug-likeness (QED) is 0.425. The maximum absolute atomic E-state index is 4.37. The molecular formula is C21H15N4+. The average Bonchev–Trinajstić information content (AvgIpc) is 3.29. The molecule has 3 aromatic heterocycles. The van der Waals surface area contributed by atoms with Gasteiger partial charge in [0.1, 0.15) is 12.1 Å². The van der Waals surface area contributed by atoms with Gasteiger partial charge in [-0.25, -0.2) is 4.57 Å². The van der Waals surface area contributed by atoms with Crippen molar-refractivity contribution in [2.24, 2.45) is 0 Å². The maximum atomic E-state index is 4.37. The van der Waals surface area contributed by atoms with E-state index in [-0.39, 0.29) is 0 Å². The van der Waals surface area contributed by atoms with E-state index in [0.717, 1.165) is 17.7 Å². The Morgan fingerprint density at radius 1 is 0.880 bits per heavy atom. The summed E-state index contributed by atoms with van der Waals surface area (Å²) in [4.78, 5) is 4.37. The van der Waals surface area contributed by atoms with Crippen molar-refractivity contribution >= 4 is 16.7 Å². The number of nitrogens with zero attached hydrogens (tertiary/aromatic N) is 4. The van der Waals surface area contributed by atoms with Crippen LogP contribution in [-0.4, -0.2) is 14.0 Å². The molecule has 118 valence electrons. The smallest absolute Gasteiger partial charge is 0.260 e. The lowest BCUT2D eigenvalue weighted by atomic mass is 10.1. The number of para-hydroxylation sites is 1. The second-order valence-electron chi connectivity index (χ2n) is 6.48. The number of rotatable bonds is 1. The van der Waals surface area contributed by atoms with Gasteiger partial charge in [0.2, 0.25) is 5.69 Å². The minimum Gasteiger partial charge on any atom is -0.268 e. The van der Waals surface area contributed by atoms with E-state index in [1.54, 1.807) is 0 Å². The highest BCUT2D eigenvalue weighted by Crippen LogP contribution is 2.35. The topological polar surface area (TPSA) is 26.1 Å². The Kier molecular flexibility index (Phi) is 2.37. The van der Waals surface area contributed by atoms with Crippen LogP contribution in [0.1, 0.15) is 5.56 Å². The van der Waals surface area contributed by atoms with Crippen LogP contribution in [0, 0.1) is 0 Å². The minimum absolute atomic E-state index is 0.925. The van der Waals surface area contributed by atoms with E-state index < -0.39 is 0 Å². The lowest BCUT2D eigenvalue weighted by Crippen LogP contribution is -2.29. The molecule has 6 rings (SSSR count). The molecule has 0 radical (unpaired) electrons. The molecule has 0 unspecified atom stereocenters. The molecule has 0 spiro atoms. The molecule has 2 aromatic carbocycles. The highest BCUT2D eigenvalue weighted by molar-refractivity contribution is 5.89. The zero-order valence-electron chi connectivity index (χ0n) is 13.5. The van der Waals surface area contributed by atoms with E-state index in [9.17, 15) is 0 Å². The first-order valence-electron chi connectivity index (χ1n) is 8.44. The summed E-state index contributed by atoms with van der Waals surface area (Å²) in [5.41, 5.74) is 8.61. The van der Waals surface area contributed by atoms with Gasteiger partial charge in [-0.2, -0.15) is 4.40 Å². The predicted molar refractivity (Wildman–Crippen MR) is 96.8 cm³/mol.